The summed E-state index contributed by atoms with van der Waals surface area (Å²) in [5, 5.41) is 2.31. The van der Waals surface area contributed by atoms with Gasteiger partial charge in [-0.2, -0.15) is 0 Å². The number of fused-ring (bicyclic) bond motifs is 1. The number of nitrogens with two attached hydrogens (primary N) is 1. The molecule has 0 atom stereocenters. The quantitative estimate of drug-likeness (QED) is 0.795. The molecule has 0 aliphatic rings. The molecule has 0 fully saturated rings. The first-order valence-electron chi connectivity index (χ1n) is 6.95. The molecule has 0 saturated carbocycles. The molecule has 106 valence electrons. The lowest BCUT2D eigenvalue weighted by Crippen LogP contribution is -2.01. The smallest absolute Gasteiger partial charge is 0.118 e. The number of methoxy groups -OCH3 is 1. The summed E-state index contributed by atoms with van der Waals surface area (Å²) in [6.45, 7) is 2.54. The molecule has 0 aliphatic heterocycles. The predicted molar refractivity (Wildman–Crippen MR) is 86.4 cm³/mol. The average Bonchev–Trinajstić information content (AvgIpc) is 2.53. The first-order valence-corrected chi connectivity index (χ1v) is 6.95. The van der Waals surface area contributed by atoms with E-state index in [9.17, 15) is 0 Å². The van der Waals surface area contributed by atoms with Crippen molar-refractivity contribution in [2.24, 2.45) is 5.73 Å². The van der Waals surface area contributed by atoms with E-state index in [0.29, 0.717) is 6.54 Å². The number of pyridine rings is 1. The van der Waals surface area contributed by atoms with Crippen LogP contribution in [0.4, 0.5) is 0 Å². The first-order chi connectivity index (χ1) is 10.2. The molecule has 2 aromatic carbocycles. The molecule has 0 amide bonds. The van der Waals surface area contributed by atoms with Crippen molar-refractivity contribution >= 4 is 10.8 Å². The molecule has 0 saturated heterocycles. The Kier molecular flexibility index (Phi) is 3.59. The summed E-state index contributed by atoms with van der Waals surface area (Å²) in [5.41, 5.74) is 10.2. The monoisotopic (exact) mass is 278 g/mol. The van der Waals surface area contributed by atoms with Crippen molar-refractivity contribution in [1.29, 1.82) is 0 Å². The molecule has 2 N–H and O–H groups in total. The Hall–Kier alpha value is -2.39. The van der Waals surface area contributed by atoms with Gasteiger partial charge in [-0.1, -0.05) is 35.9 Å². The van der Waals surface area contributed by atoms with Crippen molar-refractivity contribution in [3.63, 3.8) is 0 Å². The fraction of sp³-hybridized carbons (Fsp3) is 0.167. The Bertz CT molecular complexity index is 779. The molecule has 3 aromatic rings. The van der Waals surface area contributed by atoms with Crippen LogP contribution in [0.2, 0.25) is 0 Å². The second kappa shape index (κ2) is 5.54. The van der Waals surface area contributed by atoms with E-state index in [2.05, 4.69) is 42.2 Å². The lowest BCUT2D eigenvalue weighted by molar-refractivity contribution is 0.415. The van der Waals surface area contributed by atoms with Gasteiger partial charge in [0, 0.05) is 23.7 Å². The fourth-order valence-electron chi connectivity index (χ4n) is 2.58. The maximum Gasteiger partial charge on any atom is 0.118 e. The number of hydrogen-bond donors (Lipinski definition) is 1. The molecule has 1 heterocycles. The third-order valence-corrected chi connectivity index (χ3v) is 3.72. The van der Waals surface area contributed by atoms with E-state index in [1.165, 1.54) is 10.9 Å². The number of aromatic nitrogens is 1. The van der Waals surface area contributed by atoms with Gasteiger partial charge in [0.2, 0.25) is 0 Å². The third-order valence-electron chi connectivity index (χ3n) is 3.72. The van der Waals surface area contributed by atoms with E-state index < -0.39 is 0 Å². The number of nitrogens with zero attached hydrogens (tertiary/aromatic N) is 1. The Balaban J connectivity index is 2.24. The molecule has 0 unspecified atom stereocenters. The summed E-state index contributed by atoms with van der Waals surface area (Å²) in [5.74, 6) is 0.853. The van der Waals surface area contributed by atoms with Crippen molar-refractivity contribution in [3.8, 4) is 16.9 Å². The molecule has 3 rings (SSSR count). The van der Waals surface area contributed by atoms with Crippen molar-refractivity contribution < 1.29 is 4.74 Å². The molecule has 0 bridgehead atoms. The number of hydrogen-bond acceptors (Lipinski definition) is 3. The highest BCUT2D eigenvalue weighted by molar-refractivity contribution is 5.97. The fourth-order valence-corrected chi connectivity index (χ4v) is 2.58. The highest BCUT2D eigenvalue weighted by Crippen LogP contribution is 2.31. The van der Waals surface area contributed by atoms with Gasteiger partial charge in [0.1, 0.15) is 5.75 Å². The summed E-state index contributed by atoms with van der Waals surface area (Å²) in [6.07, 6.45) is 1.91. The van der Waals surface area contributed by atoms with Crippen LogP contribution in [0.1, 0.15) is 11.3 Å². The molecule has 3 nitrogen and oxygen atoms in total. The number of ether oxygens (including phenoxy) is 1. The summed E-state index contributed by atoms with van der Waals surface area (Å²) >= 11 is 0. The third kappa shape index (κ3) is 2.48. The van der Waals surface area contributed by atoms with E-state index in [4.69, 9.17) is 10.5 Å². The molecule has 3 heteroatoms. The van der Waals surface area contributed by atoms with Gasteiger partial charge < -0.3 is 10.5 Å². The topological polar surface area (TPSA) is 48.1 Å². The Morgan fingerprint density at radius 1 is 1.05 bits per heavy atom. The molecular weight excluding hydrogens is 260 g/mol. The average molecular weight is 278 g/mol. The minimum absolute atomic E-state index is 0.447. The highest BCUT2D eigenvalue weighted by atomic mass is 16.5. The second-order valence-electron chi connectivity index (χ2n) is 5.10. The second-order valence-corrected chi connectivity index (χ2v) is 5.10. The summed E-state index contributed by atoms with van der Waals surface area (Å²) in [7, 11) is 1.67. The predicted octanol–water partition coefficient (Wildman–Crippen LogP) is 3.68. The molecule has 21 heavy (non-hydrogen) atoms. The lowest BCUT2D eigenvalue weighted by Gasteiger charge is -2.11. The van der Waals surface area contributed by atoms with Gasteiger partial charge in [0.05, 0.1) is 12.8 Å². The van der Waals surface area contributed by atoms with Gasteiger partial charge in [0.15, 0.2) is 0 Å². The normalized spacial score (nSPS) is 10.8. The molecular formula is C18H18N2O. The van der Waals surface area contributed by atoms with E-state index >= 15 is 0 Å². The van der Waals surface area contributed by atoms with Crippen molar-refractivity contribution in [1.82, 2.24) is 4.98 Å². The molecule has 0 radical (unpaired) electrons. The van der Waals surface area contributed by atoms with E-state index in [-0.39, 0.29) is 0 Å². The Morgan fingerprint density at radius 3 is 2.48 bits per heavy atom. The first kappa shape index (κ1) is 13.6. The van der Waals surface area contributed by atoms with Crippen molar-refractivity contribution in [2.75, 3.05) is 7.11 Å². The van der Waals surface area contributed by atoms with E-state index in [0.717, 1.165) is 28.0 Å². The zero-order valence-corrected chi connectivity index (χ0v) is 12.3. The van der Waals surface area contributed by atoms with Gasteiger partial charge in [-0.15, -0.1) is 0 Å². The number of aryl methyl sites for hydroxylation is 1. The SMILES string of the molecule is COc1ccc(-c2cnc(CN)c3ccc(C)cc23)cc1. The zero-order valence-electron chi connectivity index (χ0n) is 12.3. The number of rotatable bonds is 3. The van der Waals surface area contributed by atoms with Gasteiger partial charge in [-0.05, 0) is 30.0 Å². The minimum Gasteiger partial charge on any atom is -0.497 e. The van der Waals surface area contributed by atoms with E-state index in [1.807, 2.05) is 18.3 Å². The maximum atomic E-state index is 5.80. The van der Waals surface area contributed by atoms with Crippen LogP contribution in [0.5, 0.6) is 5.75 Å². The maximum absolute atomic E-state index is 5.80. The molecule has 1 aromatic heterocycles. The van der Waals surface area contributed by atoms with Crippen molar-refractivity contribution in [3.05, 3.63) is 59.9 Å². The van der Waals surface area contributed by atoms with Gasteiger partial charge in [0.25, 0.3) is 0 Å². The lowest BCUT2D eigenvalue weighted by atomic mass is 9.97. The highest BCUT2D eigenvalue weighted by Gasteiger charge is 2.09. The number of benzene rings is 2. The van der Waals surface area contributed by atoms with Crippen LogP contribution in [0, 0.1) is 6.92 Å². The van der Waals surface area contributed by atoms with Crippen LogP contribution in [0.25, 0.3) is 21.9 Å². The Morgan fingerprint density at radius 2 is 1.81 bits per heavy atom. The summed E-state index contributed by atoms with van der Waals surface area (Å²) in [6, 6.07) is 14.4. The van der Waals surface area contributed by atoms with Crippen LogP contribution in [-0.4, -0.2) is 12.1 Å². The summed E-state index contributed by atoms with van der Waals surface area (Å²) in [4.78, 5) is 4.52. The van der Waals surface area contributed by atoms with Crippen molar-refractivity contribution in [2.45, 2.75) is 13.5 Å². The van der Waals surface area contributed by atoms with Crippen LogP contribution < -0.4 is 10.5 Å². The largest absolute Gasteiger partial charge is 0.497 e. The van der Waals surface area contributed by atoms with Gasteiger partial charge >= 0.3 is 0 Å². The summed E-state index contributed by atoms with van der Waals surface area (Å²) < 4.78 is 5.22. The van der Waals surface area contributed by atoms with Gasteiger partial charge in [-0.3, -0.25) is 4.98 Å². The van der Waals surface area contributed by atoms with Crippen LogP contribution in [0.3, 0.4) is 0 Å². The molecule has 0 spiro atoms. The minimum atomic E-state index is 0.447. The van der Waals surface area contributed by atoms with E-state index in [1.54, 1.807) is 7.11 Å². The van der Waals surface area contributed by atoms with Crippen LogP contribution >= 0.6 is 0 Å². The molecule has 0 aliphatic carbocycles. The zero-order chi connectivity index (χ0) is 14.8. The standard InChI is InChI=1S/C18H18N2O/c1-12-3-8-15-16(9-12)17(11-20-18(15)10-19)13-4-6-14(21-2)7-5-13/h3-9,11H,10,19H2,1-2H3. The van der Waals surface area contributed by atoms with Crippen LogP contribution in [-0.2, 0) is 6.54 Å². The Labute approximate surface area is 124 Å². The van der Waals surface area contributed by atoms with Gasteiger partial charge in [-0.25, -0.2) is 0 Å². The van der Waals surface area contributed by atoms with Crippen LogP contribution in [0.15, 0.2) is 48.7 Å².